The van der Waals surface area contributed by atoms with Gasteiger partial charge in [0, 0.05) is 12.4 Å². The molecule has 0 aromatic carbocycles. The number of thioether (sulfide) groups is 2. The highest BCUT2D eigenvalue weighted by molar-refractivity contribution is 8.18. The molecule has 2 nitrogen and oxygen atoms in total. The zero-order chi connectivity index (χ0) is 11.6. The van der Waals surface area contributed by atoms with Crippen molar-refractivity contribution >= 4 is 23.5 Å². The third-order valence-electron chi connectivity index (χ3n) is 3.17. The Balaban J connectivity index is 2.30. The van der Waals surface area contributed by atoms with Gasteiger partial charge >= 0.3 is 0 Å². The van der Waals surface area contributed by atoms with E-state index in [1.165, 1.54) is 6.42 Å². The second kappa shape index (κ2) is 4.59. The fraction of sp³-hybridized carbons (Fsp3) is 0.583. The maximum atomic E-state index is 10.8. The van der Waals surface area contributed by atoms with Gasteiger partial charge in [0.1, 0.15) is 5.60 Å². The lowest BCUT2D eigenvalue weighted by Gasteiger charge is -2.44. The molecule has 4 heteroatoms. The summed E-state index contributed by atoms with van der Waals surface area (Å²) in [6.07, 6.45) is 4.72. The zero-order valence-corrected chi connectivity index (χ0v) is 11.3. The van der Waals surface area contributed by atoms with Gasteiger partial charge in [-0.05, 0) is 49.5 Å². The van der Waals surface area contributed by atoms with Crippen LogP contribution in [-0.2, 0) is 5.60 Å². The maximum Gasteiger partial charge on any atom is 0.110 e. The topological polar surface area (TPSA) is 33.1 Å². The van der Waals surface area contributed by atoms with Gasteiger partial charge in [-0.2, -0.15) is 0 Å². The van der Waals surface area contributed by atoms with Gasteiger partial charge in [0.2, 0.25) is 0 Å². The van der Waals surface area contributed by atoms with Crippen molar-refractivity contribution in [2.24, 2.45) is 0 Å². The smallest absolute Gasteiger partial charge is 0.110 e. The van der Waals surface area contributed by atoms with E-state index in [-0.39, 0.29) is 4.08 Å². The molecule has 0 aliphatic carbocycles. The Morgan fingerprint density at radius 1 is 1.31 bits per heavy atom. The average Bonchev–Trinajstić information content (AvgIpc) is 2.31. The number of aromatic nitrogens is 1. The summed E-state index contributed by atoms with van der Waals surface area (Å²) < 4.78 is -0.160. The Morgan fingerprint density at radius 3 is 2.44 bits per heavy atom. The minimum absolute atomic E-state index is 0.160. The molecular formula is C12H17NOS2. The van der Waals surface area contributed by atoms with Crippen molar-refractivity contribution in [1.82, 2.24) is 4.98 Å². The molecule has 1 aromatic rings. The SMILES string of the molecule is CC1(C(C)(O)c2ccncc2)SCCCS1. The Labute approximate surface area is 105 Å². The van der Waals surface area contributed by atoms with E-state index in [1.54, 1.807) is 12.4 Å². The molecule has 1 fully saturated rings. The second-order valence-corrected chi connectivity index (χ2v) is 7.59. The van der Waals surface area contributed by atoms with Crippen LogP contribution < -0.4 is 0 Å². The van der Waals surface area contributed by atoms with E-state index in [0.29, 0.717) is 0 Å². The van der Waals surface area contributed by atoms with Crippen LogP contribution in [0.15, 0.2) is 24.5 Å². The van der Waals surface area contributed by atoms with Crippen molar-refractivity contribution < 1.29 is 5.11 Å². The minimum atomic E-state index is -0.814. The van der Waals surface area contributed by atoms with E-state index >= 15 is 0 Å². The first kappa shape index (κ1) is 12.3. The van der Waals surface area contributed by atoms with Crippen LogP contribution in [0, 0.1) is 0 Å². The van der Waals surface area contributed by atoms with Gasteiger partial charge in [-0.15, -0.1) is 23.5 Å². The van der Waals surface area contributed by atoms with Crippen molar-refractivity contribution in [3.8, 4) is 0 Å². The quantitative estimate of drug-likeness (QED) is 0.881. The van der Waals surface area contributed by atoms with E-state index in [9.17, 15) is 5.11 Å². The molecule has 1 N–H and O–H groups in total. The summed E-state index contributed by atoms with van der Waals surface area (Å²) in [5.41, 5.74) is 0.137. The highest BCUT2D eigenvalue weighted by Gasteiger charge is 2.46. The summed E-state index contributed by atoms with van der Waals surface area (Å²) in [5.74, 6) is 2.26. The Hall–Kier alpha value is -0.190. The van der Waals surface area contributed by atoms with Crippen molar-refractivity contribution in [3.63, 3.8) is 0 Å². The minimum Gasteiger partial charge on any atom is -0.383 e. The van der Waals surface area contributed by atoms with Crippen molar-refractivity contribution in [1.29, 1.82) is 0 Å². The molecule has 0 amide bonds. The van der Waals surface area contributed by atoms with Crippen LogP contribution in [0.2, 0.25) is 0 Å². The first-order valence-corrected chi connectivity index (χ1v) is 7.44. The van der Waals surface area contributed by atoms with Crippen LogP contribution in [0.4, 0.5) is 0 Å². The summed E-state index contributed by atoms with van der Waals surface area (Å²) in [6, 6.07) is 3.81. The van der Waals surface area contributed by atoms with Crippen LogP contribution in [0.5, 0.6) is 0 Å². The van der Waals surface area contributed by atoms with E-state index in [1.807, 2.05) is 42.6 Å². The lowest BCUT2D eigenvalue weighted by Crippen LogP contribution is -2.44. The van der Waals surface area contributed by atoms with Crippen LogP contribution in [0.25, 0.3) is 0 Å². The third kappa shape index (κ3) is 2.11. The molecular weight excluding hydrogens is 238 g/mol. The molecule has 16 heavy (non-hydrogen) atoms. The van der Waals surface area contributed by atoms with Gasteiger partial charge < -0.3 is 5.11 Å². The lowest BCUT2D eigenvalue weighted by molar-refractivity contribution is 0.0486. The Bertz CT molecular complexity index is 347. The van der Waals surface area contributed by atoms with Crippen molar-refractivity contribution in [3.05, 3.63) is 30.1 Å². The molecule has 0 spiro atoms. The van der Waals surface area contributed by atoms with E-state index in [2.05, 4.69) is 11.9 Å². The highest BCUT2D eigenvalue weighted by Crippen LogP contribution is 2.52. The molecule has 0 bridgehead atoms. The first-order valence-electron chi connectivity index (χ1n) is 5.47. The Kier molecular flexibility index (Phi) is 3.52. The summed E-state index contributed by atoms with van der Waals surface area (Å²) >= 11 is 3.72. The van der Waals surface area contributed by atoms with E-state index in [4.69, 9.17) is 0 Å². The average molecular weight is 255 g/mol. The number of nitrogens with zero attached hydrogens (tertiary/aromatic N) is 1. The van der Waals surface area contributed by atoms with Gasteiger partial charge in [0.15, 0.2) is 0 Å². The number of aliphatic hydroxyl groups is 1. The zero-order valence-electron chi connectivity index (χ0n) is 9.64. The van der Waals surface area contributed by atoms with E-state index in [0.717, 1.165) is 17.1 Å². The van der Waals surface area contributed by atoms with E-state index < -0.39 is 5.60 Å². The molecule has 2 heterocycles. The summed E-state index contributed by atoms with van der Waals surface area (Å²) in [4.78, 5) is 4.00. The monoisotopic (exact) mass is 255 g/mol. The molecule has 1 aliphatic rings. The number of pyridine rings is 1. The number of rotatable bonds is 2. The molecule has 0 radical (unpaired) electrons. The van der Waals surface area contributed by atoms with Gasteiger partial charge in [0.25, 0.3) is 0 Å². The number of hydrogen-bond acceptors (Lipinski definition) is 4. The lowest BCUT2D eigenvalue weighted by atomic mass is 9.93. The predicted molar refractivity (Wildman–Crippen MR) is 71.7 cm³/mol. The van der Waals surface area contributed by atoms with Crippen molar-refractivity contribution in [2.75, 3.05) is 11.5 Å². The Morgan fingerprint density at radius 2 is 1.88 bits per heavy atom. The summed E-state index contributed by atoms with van der Waals surface area (Å²) in [5, 5.41) is 10.8. The predicted octanol–water partition coefficient (Wildman–Crippen LogP) is 2.88. The molecule has 0 saturated carbocycles. The van der Waals surface area contributed by atoms with Crippen LogP contribution in [0.1, 0.15) is 25.8 Å². The highest BCUT2D eigenvalue weighted by atomic mass is 32.2. The van der Waals surface area contributed by atoms with Gasteiger partial charge in [-0.3, -0.25) is 4.98 Å². The molecule has 1 unspecified atom stereocenters. The molecule has 1 saturated heterocycles. The summed E-state index contributed by atoms with van der Waals surface area (Å²) in [7, 11) is 0. The first-order chi connectivity index (χ1) is 7.56. The largest absolute Gasteiger partial charge is 0.383 e. The van der Waals surface area contributed by atoms with Crippen molar-refractivity contribution in [2.45, 2.75) is 29.9 Å². The van der Waals surface area contributed by atoms with Crippen LogP contribution in [0.3, 0.4) is 0 Å². The van der Waals surface area contributed by atoms with Gasteiger partial charge in [-0.1, -0.05) is 0 Å². The fourth-order valence-corrected chi connectivity index (χ4v) is 5.02. The summed E-state index contributed by atoms with van der Waals surface area (Å²) in [6.45, 7) is 4.05. The normalized spacial score (nSPS) is 23.7. The molecule has 1 aliphatic heterocycles. The number of hydrogen-bond donors (Lipinski definition) is 1. The molecule has 1 atom stereocenters. The standard InChI is InChI=1S/C12H17NOS2/c1-11(14,10-4-6-13-7-5-10)12(2)15-8-3-9-16-12/h4-7,14H,3,8-9H2,1-2H3. The van der Waals surface area contributed by atoms with Crippen LogP contribution in [-0.4, -0.2) is 25.7 Å². The van der Waals surface area contributed by atoms with Crippen LogP contribution >= 0.6 is 23.5 Å². The fourth-order valence-electron chi connectivity index (χ4n) is 1.85. The molecule has 2 rings (SSSR count). The third-order valence-corrected chi connectivity index (χ3v) is 6.76. The molecule has 88 valence electrons. The van der Waals surface area contributed by atoms with Gasteiger partial charge in [0.05, 0.1) is 4.08 Å². The maximum absolute atomic E-state index is 10.8. The second-order valence-electron chi connectivity index (χ2n) is 4.30. The molecule has 1 aromatic heterocycles. The van der Waals surface area contributed by atoms with Gasteiger partial charge in [-0.25, -0.2) is 0 Å².